The molecule has 0 radical (unpaired) electrons. The molecule has 2 atom stereocenters. The van der Waals surface area contributed by atoms with Crippen LogP contribution in [-0.4, -0.2) is 25.0 Å². The molecule has 0 saturated heterocycles. The fourth-order valence-corrected chi connectivity index (χ4v) is 1.01. The summed E-state index contributed by atoms with van der Waals surface area (Å²) in [5.74, 6) is -1.14. The number of rotatable bonds is 4. The SMILES string of the molecule is COC(=O)[C@@H](C[C@H](C)C#N)NC(C)=O. The molecule has 1 N–H and O–H groups in total. The van der Waals surface area contributed by atoms with Gasteiger partial charge in [0.15, 0.2) is 0 Å². The topological polar surface area (TPSA) is 79.2 Å². The summed E-state index contributed by atoms with van der Waals surface area (Å²) in [4.78, 5) is 21.9. The third-order valence-corrected chi connectivity index (χ3v) is 1.67. The molecular formula is C9H14N2O3. The highest BCUT2D eigenvalue weighted by molar-refractivity contribution is 5.83. The van der Waals surface area contributed by atoms with E-state index in [2.05, 4.69) is 10.1 Å². The van der Waals surface area contributed by atoms with Crippen molar-refractivity contribution in [1.29, 1.82) is 5.26 Å². The number of amides is 1. The van der Waals surface area contributed by atoms with Gasteiger partial charge >= 0.3 is 5.97 Å². The first-order valence-electron chi connectivity index (χ1n) is 4.25. The van der Waals surface area contributed by atoms with Crippen LogP contribution in [0.3, 0.4) is 0 Å². The molecule has 0 rings (SSSR count). The predicted octanol–water partition coefficient (Wildman–Crippen LogP) is 0.214. The number of hydrogen-bond donors (Lipinski definition) is 1. The van der Waals surface area contributed by atoms with Gasteiger partial charge in [0.25, 0.3) is 0 Å². The minimum absolute atomic E-state index is 0.267. The first-order chi connectivity index (χ1) is 6.51. The lowest BCUT2D eigenvalue weighted by atomic mass is 10.0. The van der Waals surface area contributed by atoms with Crippen molar-refractivity contribution in [1.82, 2.24) is 5.32 Å². The molecule has 0 aromatic rings. The zero-order valence-electron chi connectivity index (χ0n) is 8.53. The molecule has 0 aliphatic carbocycles. The van der Waals surface area contributed by atoms with E-state index in [4.69, 9.17) is 5.26 Å². The lowest BCUT2D eigenvalue weighted by Gasteiger charge is -2.15. The zero-order chi connectivity index (χ0) is 11.1. The van der Waals surface area contributed by atoms with Gasteiger partial charge < -0.3 is 10.1 Å². The Morgan fingerprint density at radius 2 is 2.14 bits per heavy atom. The van der Waals surface area contributed by atoms with E-state index in [1.165, 1.54) is 14.0 Å². The molecule has 14 heavy (non-hydrogen) atoms. The van der Waals surface area contributed by atoms with Gasteiger partial charge in [-0.3, -0.25) is 4.79 Å². The van der Waals surface area contributed by atoms with Crippen LogP contribution in [0.1, 0.15) is 20.3 Å². The van der Waals surface area contributed by atoms with E-state index in [-0.39, 0.29) is 18.2 Å². The molecule has 0 bridgehead atoms. The largest absolute Gasteiger partial charge is 0.467 e. The van der Waals surface area contributed by atoms with Gasteiger partial charge in [0.1, 0.15) is 6.04 Å². The van der Waals surface area contributed by atoms with Gasteiger partial charge in [-0.05, 0) is 13.3 Å². The van der Waals surface area contributed by atoms with Crippen molar-refractivity contribution < 1.29 is 14.3 Å². The second-order valence-corrected chi connectivity index (χ2v) is 3.04. The molecule has 78 valence electrons. The van der Waals surface area contributed by atoms with Crippen molar-refractivity contribution in [3.8, 4) is 6.07 Å². The number of nitrogens with zero attached hydrogens (tertiary/aromatic N) is 1. The summed E-state index contributed by atoms with van der Waals surface area (Å²) in [5, 5.41) is 11.0. The van der Waals surface area contributed by atoms with Crippen molar-refractivity contribution in [2.75, 3.05) is 7.11 Å². The number of esters is 1. The van der Waals surface area contributed by atoms with Crippen molar-refractivity contribution in [2.24, 2.45) is 5.92 Å². The molecule has 0 aliphatic heterocycles. The molecule has 5 heteroatoms. The second-order valence-electron chi connectivity index (χ2n) is 3.04. The highest BCUT2D eigenvalue weighted by atomic mass is 16.5. The number of nitriles is 1. The lowest BCUT2D eigenvalue weighted by molar-refractivity contribution is -0.145. The summed E-state index contributed by atoms with van der Waals surface area (Å²) in [6.07, 6.45) is 0.267. The Kier molecular flexibility index (Phi) is 5.30. The van der Waals surface area contributed by atoms with E-state index in [0.717, 1.165) is 0 Å². The van der Waals surface area contributed by atoms with Gasteiger partial charge in [-0.1, -0.05) is 0 Å². The van der Waals surface area contributed by atoms with Gasteiger partial charge in [-0.15, -0.1) is 0 Å². The summed E-state index contributed by atoms with van der Waals surface area (Å²) >= 11 is 0. The standard InChI is InChI=1S/C9H14N2O3/c1-6(5-10)4-8(9(13)14-3)11-7(2)12/h6,8H,4H2,1-3H3,(H,11,12)/t6-,8+/m0/s1. The summed E-state index contributed by atoms with van der Waals surface area (Å²) in [7, 11) is 1.24. The van der Waals surface area contributed by atoms with E-state index >= 15 is 0 Å². The summed E-state index contributed by atoms with van der Waals surface area (Å²) in [6, 6.07) is 1.26. The fraction of sp³-hybridized carbons (Fsp3) is 0.667. The van der Waals surface area contributed by atoms with Crippen molar-refractivity contribution in [3.05, 3.63) is 0 Å². The number of carbonyl (C=O) groups excluding carboxylic acids is 2. The maximum absolute atomic E-state index is 11.2. The summed E-state index contributed by atoms with van der Waals surface area (Å²) < 4.78 is 4.50. The van der Waals surface area contributed by atoms with Crippen LogP contribution in [0.5, 0.6) is 0 Å². The van der Waals surface area contributed by atoms with Crippen molar-refractivity contribution in [3.63, 3.8) is 0 Å². The van der Waals surface area contributed by atoms with Crippen LogP contribution in [0.25, 0.3) is 0 Å². The van der Waals surface area contributed by atoms with Crippen LogP contribution in [0.2, 0.25) is 0 Å². The van der Waals surface area contributed by atoms with Crippen LogP contribution in [0.4, 0.5) is 0 Å². The summed E-state index contributed by atoms with van der Waals surface area (Å²) in [6.45, 7) is 2.99. The minimum Gasteiger partial charge on any atom is -0.467 e. The highest BCUT2D eigenvalue weighted by Gasteiger charge is 2.22. The molecule has 0 aliphatic rings. The number of nitrogens with one attached hydrogen (secondary N) is 1. The quantitative estimate of drug-likeness (QED) is 0.655. The average molecular weight is 198 g/mol. The molecule has 0 fully saturated rings. The molecule has 0 heterocycles. The highest BCUT2D eigenvalue weighted by Crippen LogP contribution is 2.05. The van der Waals surface area contributed by atoms with Gasteiger partial charge in [-0.2, -0.15) is 5.26 Å². The van der Waals surface area contributed by atoms with E-state index in [1.54, 1.807) is 6.92 Å². The smallest absolute Gasteiger partial charge is 0.328 e. The van der Waals surface area contributed by atoms with E-state index in [1.807, 2.05) is 6.07 Å². The Morgan fingerprint density at radius 1 is 1.57 bits per heavy atom. The van der Waals surface area contributed by atoms with Crippen LogP contribution in [0, 0.1) is 17.2 Å². The maximum Gasteiger partial charge on any atom is 0.328 e. The first-order valence-corrected chi connectivity index (χ1v) is 4.25. The van der Waals surface area contributed by atoms with Gasteiger partial charge in [-0.25, -0.2) is 4.79 Å². The maximum atomic E-state index is 11.2. The average Bonchev–Trinajstić information content (AvgIpc) is 2.14. The Morgan fingerprint density at radius 3 is 2.50 bits per heavy atom. The number of methoxy groups -OCH3 is 1. The molecule has 0 aromatic heterocycles. The molecule has 1 amide bonds. The molecule has 0 aromatic carbocycles. The van der Waals surface area contributed by atoms with Gasteiger partial charge in [0.05, 0.1) is 13.2 Å². The van der Waals surface area contributed by atoms with Crippen LogP contribution in [-0.2, 0) is 14.3 Å². The number of hydrogen-bond acceptors (Lipinski definition) is 4. The van der Waals surface area contributed by atoms with E-state index in [9.17, 15) is 9.59 Å². The molecule has 5 nitrogen and oxygen atoms in total. The van der Waals surface area contributed by atoms with Crippen molar-refractivity contribution in [2.45, 2.75) is 26.3 Å². The van der Waals surface area contributed by atoms with Crippen molar-refractivity contribution >= 4 is 11.9 Å². The third-order valence-electron chi connectivity index (χ3n) is 1.67. The monoisotopic (exact) mass is 198 g/mol. The lowest BCUT2D eigenvalue weighted by Crippen LogP contribution is -2.41. The Balaban J connectivity index is 4.33. The van der Waals surface area contributed by atoms with E-state index in [0.29, 0.717) is 0 Å². The van der Waals surface area contributed by atoms with Crippen LogP contribution < -0.4 is 5.32 Å². The van der Waals surface area contributed by atoms with Gasteiger partial charge in [0, 0.05) is 12.8 Å². The number of ether oxygens (including phenoxy) is 1. The minimum atomic E-state index is -0.729. The summed E-state index contributed by atoms with van der Waals surface area (Å²) in [5.41, 5.74) is 0. The zero-order valence-corrected chi connectivity index (χ0v) is 8.53. The van der Waals surface area contributed by atoms with Gasteiger partial charge in [0.2, 0.25) is 5.91 Å². The van der Waals surface area contributed by atoms with Crippen LogP contribution >= 0.6 is 0 Å². The first kappa shape index (κ1) is 12.4. The fourth-order valence-electron chi connectivity index (χ4n) is 1.01. The molecule has 0 spiro atoms. The van der Waals surface area contributed by atoms with E-state index < -0.39 is 12.0 Å². The Hall–Kier alpha value is -1.57. The third kappa shape index (κ3) is 4.45. The Labute approximate surface area is 83.0 Å². The Bertz CT molecular complexity index is 257. The molecule has 0 saturated carbocycles. The normalized spacial score (nSPS) is 13.6. The number of carbonyl (C=O) groups is 2. The van der Waals surface area contributed by atoms with Crippen LogP contribution in [0.15, 0.2) is 0 Å². The molecule has 0 unspecified atom stereocenters. The molecular weight excluding hydrogens is 184 g/mol. The predicted molar refractivity (Wildman–Crippen MR) is 49.0 cm³/mol. The second kappa shape index (κ2) is 5.97.